The van der Waals surface area contributed by atoms with E-state index in [4.69, 9.17) is 0 Å². The Bertz CT molecular complexity index is 1810. The van der Waals surface area contributed by atoms with Crippen molar-refractivity contribution in [2.45, 2.75) is 45.6 Å². The number of carbonyl (C=O) groups excluding carboxylic acids is 2. The molecule has 1 fully saturated rings. The monoisotopic (exact) mass is 616 g/mol. The molecule has 2 aliphatic rings. The predicted octanol–water partition coefficient (Wildman–Crippen LogP) is 7.36. The molecule has 0 unspecified atom stereocenters. The number of para-hydroxylation sites is 1. The largest absolute Gasteiger partial charge is 0.507 e. The highest BCUT2D eigenvalue weighted by Gasteiger charge is 2.55. The van der Waals surface area contributed by atoms with Crippen molar-refractivity contribution in [2.24, 2.45) is 17.8 Å². The summed E-state index contributed by atoms with van der Waals surface area (Å²) >= 11 is 0. The fraction of sp³-hybridized carbons (Fsp3) is 0.282. The number of rotatable bonds is 10. The summed E-state index contributed by atoms with van der Waals surface area (Å²) in [5.41, 5.74) is 5.98. The van der Waals surface area contributed by atoms with Crippen molar-refractivity contribution in [3.63, 3.8) is 0 Å². The van der Waals surface area contributed by atoms with Crippen molar-refractivity contribution in [1.29, 1.82) is 0 Å². The average molecular weight is 617 g/mol. The second kappa shape index (κ2) is 13.3. The van der Waals surface area contributed by atoms with E-state index in [0.29, 0.717) is 36.9 Å². The van der Waals surface area contributed by atoms with Gasteiger partial charge >= 0.3 is 0 Å². The van der Waals surface area contributed by atoms with Crippen LogP contribution in [0.4, 0.5) is 17.1 Å². The Hall–Kier alpha value is -4.72. The molecule has 0 bridgehead atoms. The minimum Gasteiger partial charge on any atom is -0.507 e. The highest BCUT2D eigenvalue weighted by atomic mass is 16.3. The van der Waals surface area contributed by atoms with E-state index in [9.17, 15) is 24.9 Å². The van der Waals surface area contributed by atoms with E-state index in [1.807, 2.05) is 86.6 Å². The molecule has 4 aromatic rings. The van der Waals surface area contributed by atoms with Crippen molar-refractivity contribution in [3.05, 3.63) is 113 Å². The van der Waals surface area contributed by atoms with Gasteiger partial charge in [0.2, 0.25) is 11.8 Å². The topological polar surface area (TPSA) is 110 Å². The maximum Gasteiger partial charge on any atom is 0.238 e. The van der Waals surface area contributed by atoms with Crippen LogP contribution in [0.5, 0.6) is 5.75 Å². The third-order valence-electron chi connectivity index (χ3n) is 9.50. The number of phenolic OH excluding ortho intramolecular Hbond substituents is 1. The molecule has 1 heterocycles. The van der Waals surface area contributed by atoms with Gasteiger partial charge in [-0.15, -0.1) is 0 Å². The van der Waals surface area contributed by atoms with E-state index in [-0.39, 0.29) is 24.2 Å². The number of allylic oxidation sites excluding steroid dienone is 2. The summed E-state index contributed by atoms with van der Waals surface area (Å²) in [6.07, 6.45) is 3.27. The summed E-state index contributed by atoms with van der Waals surface area (Å²) in [7, 11) is 0. The van der Waals surface area contributed by atoms with Gasteiger partial charge in [-0.25, -0.2) is 0 Å². The lowest BCUT2D eigenvalue weighted by Gasteiger charge is -2.36. The zero-order valence-electron chi connectivity index (χ0n) is 26.2. The van der Waals surface area contributed by atoms with E-state index in [0.717, 1.165) is 38.9 Å². The Morgan fingerprint density at radius 3 is 2.28 bits per heavy atom. The third-order valence-corrected chi connectivity index (χ3v) is 9.50. The number of hydrogen-bond donors (Lipinski definition) is 4. The van der Waals surface area contributed by atoms with Gasteiger partial charge in [-0.3, -0.25) is 14.5 Å². The number of anilines is 3. The van der Waals surface area contributed by atoms with Crippen LogP contribution in [0.3, 0.4) is 0 Å². The minimum absolute atomic E-state index is 0.237. The van der Waals surface area contributed by atoms with E-state index in [1.54, 1.807) is 18.2 Å². The van der Waals surface area contributed by atoms with Crippen LogP contribution in [0.25, 0.3) is 16.8 Å². The molecular weight excluding hydrogens is 576 g/mol. The fourth-order valence-electron chi connectivity index (χ4n) is 7.22. The molecule has 7 nitrogen and oxygen atoms in total. The van der Waals surface area contributed by atoms with Gasteiger partial charge in [0, 0.05) is 22.7 Å². The van der Waals surface area contributed by atoms with E-state index in [1.165, 1.54) is 4.90 Å². The van der Waals surface area contributed by atoms with Crippen molar-refractivity contribution in [2.75, 3.05) is 16.8 Å². The number of carbonyl (C=O) groups is 2. The van der Waals surface area contributed by atoms with Gasteiger partial charge in [0.05, 0.1) is 30.2 Å². The van der Waals surface area contributed by atoms with E-state index >= 15 is 0 Å². The molecule has 1 aliphatic heterocycles. The third kappa shape index (κ3) is 5.96. The van der Waals surface area contributed by atoms with Crippen LogP contribution in [0, 0.1) is 17.8 Å². The number of phenols is 1. The van der Waals surface area contributed by atoms with Gasteiger partial charge in [0.15, 0.2) is 0 Å². The molecule has 7 heteroatoms. The minimum atomic E-state index is -0.853. The molecule has 4 atom stereocenters. The number of fused-ring (bicyclic) bond motifs is 2. The van der Waals surface area contributed by atoms with E-state index in [2.05, 4.69) is 11.4 Å². The summed E-state index contributed by atoms with van der Waals surface area (Å²) in [5.74, 6) is -2.26. The van der Waals surface area contributed by atoms with Gasteiger partial charge in [0.1, 0.15) is 5.75 Å². The maximum absolute atomic E-state index is 13.9. The van der Waals surface area contributed by atoms with Gasteiger partial charge in [-0.1, -0.05) is 72.7 Å². The highest BCUT2D eigenvalue weighted by Crippen LogP contribution is 2.48. The molecule has 46 heavy (non-hydrogen) atoms. The number of benzene rings is 4. The number of nitrogens with one attached hydrogen (secondary N) is 1. The number of hydrogen-bond acceptors (Lipinski definition) is 6. The van der Waals surface area contributed by atoms with Crippen LogP contribution >= 0.6 is 0 Å². The van der Waals surface area contributed by atoms with Crippen LogP contribution in [-0.4, -0.2) is 39.8 Å². The lowest BCUT2D eigenvalue weighted by atomic mass is 9.67. The Balaban J connectivity index is 1.19. The molecule has 1 aliphatic carbocycles. The number of imide groups is 1. The zero-order valence-corrected chi connectivity index (χ0v) is 26.2. The van der Waals surface area contributed by atoms with Crippen LogP contribution in [0.2, 0.25) is 0 Å². The molecule has 0 aromatic heterocycles. The lowest BCUT2D eigenvalue weighted by Crippen LogP contribution is -2.39. The Labute approximate surface area is 269 Å². The van der Waals surface area contributed by atoms with Gasteiger partial charge < -0.3 is 20.6 Å². The first-order valence-electron chi connectivity index (χ1n) is 16.0. The zero-order chi connectivity index (χ0) is 32.4. The molecule has 0 radical (unpaired) electrons. The molecule has 1 saturated heterocycles. The first kappa shape index (κ1) is 31.3. The second-order valence-corrected chi connectivity index (χ2v) is 12.4. The van der Waals surface area contributed by atoms with Crippen molar-refractivity contribution >= 4 is 45.7 Å². The molecule has 4 N–H and O–H groups in total. The second-order valence-electron chi connectivity index (χ2n) is 12.4. The predicted molar refractivity (Wildman–Crippen MR) is 183 cm³/mol. The number of aliphatic hydroxyl groups excluding tert-OH is 2. The van der Waals surface area contributed by atoms with Crippen LogP contribution in [0.15, 0.2) is 108 Å². The summed E-state index contributed by atoms with van der Waals surface area (Å²) in [6.45, 7) is 3.69. The van der Waals surface area contributed by atoms with Gasteiger partial charge in [0.25, 0.3) is 0 Å². The number of aliphatic hydroxyl groups is 2. The fourth-order valence-corrected chi connectivity index (χ4v) is 7.22. The summed E-state index contributed by atoms with van der Waals surface area (Å²) in [5, 5.41) is 37.5. The summed E-state index contributed by atoms with van der Waals surface area (Å²) in [4.78, 5) is 28.9. The van der Waals surface area contributed by atoms with Crippen molar-refractivity contribution in [1.82, 2.24) is 0 Å². The molecule has 236 valence electrons. The average Bonchev–Trinajstić information content (AvgIpc) is 3.33. The Morgan fingerprint density at radius 1 is 0.913 bits per heavy atom. The Morgan fingerprint density at radius 2 is 1.59 bits per heavy atom. The SMILES string of the molecule is CCC1=C([C@H](O)CC/C(C)=C/c2ccc(O)c3ccccc23)[C@H](CO)[C@@H]2C(=O)N(c3ccc(Nc4ccccc4)cc3)C(=O)[C@@H]2C1. The first-order valence-corrected chi connectivity index (χ1v) is 16.0. The van der Waals surface area contributed by atoms with Crippen LogP contribution in [-0.2, 0) is 9.59 Å². The summed E-state index contributed by atoms with van der Waals surface area (Å²) in [6, 6.07) is 28.3. The molecule has 4 aromatic carbocycles. The number of amides is 2. The van der Waals surface area contributed by atoms with Gasteiger partial charge in [-0.05, 0) is 91.6 Å². The number of nitrogens with zero attached hydrogens (tertiary/aromatic N) is 1. The maximum atomic E-state index is 13.9. The standard InChI is InChI=1S/C39H40N2O5/c1-3-25-22-32-37(39(46)41(38(32)45)29-17-15-28(16-18-29)40-27-9-5-4-6-10-27)33(23-42)36(25)35(44)19-13-24(2)21-26-14-20-34(43)31-12-8-7-11-30(26)31/h4-12,14-18,20-21,32-33,35,37,40,42-44H,3,13,19,22-23H2,1-2H3/b24-21+/t32-,33+,35-,37-/m1/s1. The molecule has 0 saturated carbocycles. The van der Waals surface area contributed by atoms with Crippen LogP contribution < -0.4 is 10.2 Å². The Kier molecular flexibility index (Phi) is 9.06. The van der Waals surface area contributed by atoms with Gasteiger partial charge in [-0.2, -0.15) is 0 Å². The molecular formula is C39H40N2O5. The van der Waals surface area contributed by atoms with Crippen molar-refractivity contribution < 1.29 is 24.9 Å². The highest BCUT2D eigenvalue weighted by molar-refractivity contribution is 6.22. The quantitative estimate of drug-likeness (QED) is 0.110. The summed E-state index contributed by atoms with van der Waals surface area (Å²) < 4.78 is 0. The number of aromatic hydroxyl groups is 1. The van der Waals surface area contributed by atoms with Crippen molar-refractivity contribution in [3.8, 4) is 5.75 Å². The first-order chi connectivity index (χ1) is 22.3. The van der Waals surface area contributed by atoms with E-state index < -0.39 is 23.9 Å². The molecule has 6 rings (SSSR count). The molecule has 0 spiro atoms. The lowest BCUT2D eigenvalue weighted by molar-refractivity contribution is -0.123. The normalized spacial score (nSPS) is 20.7. The molecule has 2 amide bonds. The van der Waals surface area contributed by atoms with Crippen LogP contribution in [0.1, 0.15) is 45.1 Å². The smallest absolute Gasteiger partial charge is 0.238 e.